The van der Waals surface area contributed by atoms with Crippen LogP contribution in [0.15, 0.2) is 42.5 Å². The van der Waals surface area contributed by atoms with Gasteiger partial charge in [0, 0.05) is 11.6 Å². The fourth-order valence-electron chi connectivity index (χ4n) is 4.46. The fourth-order valence-corrected chi connectivity index (χ4v) is 4.73. The molecule has 0 aromatic heterocycles. The summed E-state index contributed by atoms with van der Waals surface area (Å²) in [7, 11) is 0. The van der Waals surface area contributed by atoms with E-state index in [1.165, 1.54) is 11.0 Å². The van der Waals surface area contributed by atoms with Gasteiger partial charge in [-0.25, -0.2) is 4.79 Å². The number of alkyl carbamates (subject to hydrolysis) is 1. The second-order valence-electron chi connectivity index (χ2n) is 11.8. The van der Waals surface area contributed by atoms with Crippen LogP contribution < -0.4 is 16.4 Å². The summed E-state index contributed by atoms with van der Waals surface area (Å²) in [4.78, 5) is 54.5. The van der Waals surface area contributed by atoms with Gasteiger partial charge in [-0.3, -0.25) is 14.4 Å². The number of hydrogen-bond donors (Lipinski definition) is 4. The van der Waals surface area contributed by atoms with E-state index in [2.05, 4.69) is 10.6 Å². The second-order valence-corrected chi connectivity index (χ2v) is 12.2. The van der Waals surface area contributed by atoms with Crippen LogP contribution in [-0.2, 0) is 19.1 Å². The minimum atomic E-state index is -1.44. The molecule has 0 spiro atoms. The molecule has 230 valence electrons. The van der Waals surface area contributed by atoms with E-state index in [0.717, 1.165) is 0 Å². The molecule has 3 atom stereocenters. The molecule has 0 fully saturated rings. The maximum atomic E-state index is 14.3. The van der Waals surface area contributed by atoms with E-state index in [1.54, 1.807) is 71.0 Å². The number of halogens is 1. The van der Waals surface area contributed by atoms with Gasteiger partial charge in [-0.15, -0.1) is 0 Å². The van der Waals surface area contributed by atoms with Crippen LogP contribution in [0.2, 0.25) is 5.02 Å². The number of aryl methyl sites for hydroxylation is 1. The molecule has 0 radical (unpaired) electrons. The lowest BCUT2D eigenvalue weighted by Gasteiger charge is -2.39. The Bertz CT molecular complexity index is 1260. The number of aromatic hydroxyl groups is 1. The van der Waals surface area contributed by atoms with Crippen molar-refractivity contribution in [2.24, 2.45) is 11.7 Å². The number of phenols is 1. The number of nitrogens with two attached hydrogens (primary N) is 1. The van der Waals surface area contributed by atoms with Crippen molar-refractivity contribution in [3.05, 3.63) is 58.6 Å². The molecule has 0 saturated carbocycles. The first kappa shape index (κ1) is 34.4. The summed E-state index contributed by atoms with van der Waals surface area (Å²) in [6.45, 7) is 12.6. The standard InChI is InChI=1S/C31H43ClN4O6/c1-18(2)15-16-20(4)36(29(40)23(17-25(33)38)34-30(41)42-31(5,6)7)27(21-12-8-9-14-24(21)37)28(39)35-26-19(3)11-10-13-22(26)32/h8-14,18,20,23,27,37H,15-17H2,1-7H3,(H2,33,38)(H,34,41)(H,35,39). The van der Waals surface area contributed by atoms with Crippen LogP contribution in [0, 0.1) is 12.8 Å². The third-order valence-corrected chi connectivity index (χ3v) is 6.83. The Morgan fingerprint density at radius 3 is 2.21 bits per heavy atom. The molecule has 0 aliphatic heterocycles. The van der Waals surface area contributed by atoms with Gasteiger partial charge in [-0.1, -0.05) is 55.8 Å². The third kappa shape index (κ3) is 9.94. The van der Waals surface area contributed by atoms with Crippen LogP contribution in [0.4, 0.5) is 10.5 Å². The maximum Gasteiger partial charge on any atom is 0.408 e. The van der Waals surface area contributed by atoms with Gasteiger partial charge in [-0.05, 0) is 71.1 Å². The number of carbonyl (C=O) groups excluding carboxylic acids is 4. The number of ether oxygens (including phenoxy) is 1. The molecule has 42 heavy (non-hydrogen) atoms. The molecule has 11 heteroatoms. The summed E-state index contributed by atoms with van der Waals surface area (Å²) in [6, 6.07) is 7.95. The molecule has 0 aliphatic carbocycles. The van der Waals surface area contributed by atoms with E-state index < -0.39 is 54.0 Å². The summed E-state index contributed by atoms with van der Waals surface area (Å²) in [5.74, 6) is -2.15. The first-order chi connectivity index (χ1) is 19.5. The maximum absolute atomic E-state index is 14.3. The van der Waals surface area contributed by atoms with Gasteiger partial charge in [0.05, 0.1) is 17.1 Å². The number of hydrogen-bond acceptors (Lipinski definition) is 6. The average molecular weight is 603 g/mol. The van der Waals surface area contributed by atoms with Crippen molar-refractivity contribution < 1.29 is 29.0 Å². The highest BCUT2D eigenvalue weighted by molar-refractivity contribution is 6.34. The zero-order valence-electron chi connectivity index (χ0n) is 25.4. The molecule has 0 bridgehead atoms. The molecule has 0 saturated heterocycles. The topological polar surface area (TPSA) is 151 Å². The Morgan fingerprint density at radius 1 is 1.02 bits per heavy atom. The van der Waals surface area contributed by atoms with Crippen molar-refractivity contribution in [3.8, 4) is 5.75 Å². The number of nitrogens with one attached hydrogen (secondary N) is 2. The quantitative estimate of drug-likeness (QED) is 0.253. The van der Waals surface area contributed by atoms with Crippen LogP contribution in [-0.4, -0.2) is 51.5 Å². The monoisotopic (exact) mass is 602 g/mol. The normalized spacial score (nSPS) is 13.5. The molecule has 3 unspecified atom stereocenters. The summed E-state index contributed by atoms with van der Waals surface area (Å²) in [5.41, 5.74) is 5.80. The van der Waals surface area contributed by atoms with E-state index in [0.29, 0.717) is 29.1 Å². The molecule has 10 nitrogen and oxygen atoms in total. The van der Waals surface area contributed by atoms with Crippen molar-refractivity contribution in [2.75, 3.05) is 5.32 Å². The number of benzene rings is 2. The summed E-state index contributed by atoms with van der Waals surface area (Å²) >= 11 is 6.41. The highest BCUT2D eigenvalue weighted by Gasteiger charge is 2.40. The largest absolute Gasteiger partial charge is 0.508 e. The Labute approximate surface area is 252 Å². The molecule has 0 aliphatic rings. The predicted octanol–water partition coefficient (Wildman–Crippen LogP) is 5.46. The fraction of sp³-hybridized carbons (Fsp3) is 0.484. The first-order valence-electron chi connectivity index (χ1n) is 14.0. The van der Waals surface area contributed by atoms with Crippen molar-refractivity contribution in [3.63, 3.8) is 0 Å². The lowest BCUT2D eigenvalue weighted by Crippen LogP contribution is -2.55. The van der Waals surface area contributed by atoms with E-state index in [9.17, 15) is 24.3 Å². The molecule has 2 rings (SSSR count). The van der Waals surface area contributed by atoms with E-state index in [4.69, 9.17) is 22.1 Å². The van der Waals surface area contributed by atoms with Crippen molar-refractivity contribution in [1.82, 2.24) is 10.2 Å². The highest BCUT2D eigenvalue weighted by atomic mass is 35.5. The second kappa shape index (κ2) is 14.9. The third-order valence-electron chi connectivity index (χ3n) is 6.51. The number of amides is 4. The van der Waals surface area contributed by atoms with E-state index in [-0.39, 0.29) is 17.2 Å². The van der Waals surface area contributed by atoms with Gasteiger partial charge < -0.3 is 31.1 Å². The minimum absolute atomic E-state index is 0.152. The summed E-state index contributed by atoms with van der Waals surface area (Å²) < 4.78 is 5.33. The Kier molecular flexibility index (Phi) is 12.2. The Hall–Kier alpha value is -3.79. The van der Waals surface area contributed by atoms with Crippen LogP contribution in [0.5, 0.6) is 5.75 Å². The zero-order valence-corrected chi connectivity index (χ0v) is 26.1. The number of phenolic OH excluding ortho intramolecular Hbond substituents is 1. The van der Waals surface area contributed by atoms with Crippen molar-refractivity contribution in [2.45, 2.75) is 91.5 Å². The minimum Gasteiger partial charge on any atom is -0.508 e. The van der Waals surface area contributed by atoms with Crippen molar-refractivity contribution >= 4 is 41.1 Å². The smallest absolute Gasteiger partial charge is 0.408 e. The van der Waals surface area contributed by atoms with Crippen LogP contribution in [0.25, 0.3) is 0 Å². The van der Waals surface area contributed by atoms with Gasteiger partial charge in [0.2, 0.25) is 11.8 Å². The summed E-state index contributed by atoms with van der Waals surface area (Å²) in [5, 5.41) is 16.5. The Morgan fingerprint density at radius 2 is 1.67 bits per heavy atom. The number of anilines is 1. The average Bonchev–Trinajstić information content (AvgIpc) is 2.86. The number of nitrogens with zero attached hydrogens (tertiary/aromatic N) is 1. The van der Waals surface area contributed by atoms with Crippen molar-refractivity contribution in [1.29, 1.82) is 0 Å². The predicted molar refractivity (Wildman–Crippen MR) is 163 cm³/mol. The van der Waals surface area contributed by atoms with Gasteiger partial charge >= 0.3 is 6.09 Å². The SMILES string of the molecule is Cc1cccc(Cl)c1NC(=O)C(c1ccccc1O)N(C(=O)C(CC(N)=O)NC(=O)OC(C)(C)C)C(C)CCC(C)C. The number of carbonyl (C=O) groups is 4. The number of para-hydroxylation sites is 2. The number of primary amides is 1. The van der Waals surface area contributed by atoms with Crippen LogP contribution in [0.3, 0.4) is 0 Å². The number of rotatable bonds is 12. The van der Waals surface area contributed by atoms with E-state index >= 15 is 0 Å². The Balaban J connectivity index is 2.69. The molecular formula is C31H43ClN4O6. The molecule has 2 aromatic carbocycles. The molecule has 2 aromatic rings. The van der Waals surface area contributed by atoms with Gasteiger partial charge in [0.25, 0.3) is 5.91 Å². The highest BCUT2D eigenvalue weighted by Crippen LogP contribution is 2.35. The van der Waals surface area contributed by atoms with Gasteiger partial charge in [0.1, 0.15) is 23.4 Å². The lowest BCUT2D eigenvalue weighted by molar-refractivity contribution is -0.144. The first-order valence-corrected chi connectivity index (χ1v) is 14.3. The molecule has 5 N–H and O–H groups in total. The molecule has 4 amide bonds. The summed E-state index contributed by atoms with van der Waals surface area (Å²) in [6.07, 6.45) is -0.262. The van der Waals surface area contributed by atoms with Gasteiger partial charge in [0.15, 0.2) is 0 Å². The zero-order chi connectivity index (χ0) is 31.8. The molecule has 0 heterocycles. The molecular weight excluding hydrogens is 560 g/mol. The lowest BCUT2D eigenvalue weighted by atomic mass is 9.96. The van der Waals surface area contributed by atoms with E-state index in [1.807, 2.05) is 13.8 Å². The van der Waals surface area contributed by atoms with Crippen LogP contribution in [0.1, 0.15) is 78.0 Å². The van der Waals surface area contributed by atoms with Gasteiger partial charge in [-0.2, -0.15) is 0 Å². The van der Waals surface area contributed by atoms with Crippen LogP contribution >= 0.6 is 11.6 Å².